The minimum absolute atomic E-state index is 0. The molecule has 9 nitrogen and oxygen atoms in total. The molecule has 66 valence electrons. The Hall–Kier alpha value is 0.906. The Balaban J connectivity index is -0.0000000221. The summed E-state index contributed by atoms with van der Waals surface area (Å²) in [7, 11) is -4.64. The van der Waals surface area contributed by atoms with Crippen molar-refractivity contribution in [2.24, 2.45) is 0 Å². The topological polar surface area (TPSA) is 176 Å². The molecule has 0 saturated carbocycles. The van der Waals surface area contributed by atoms with Crippen molar-refractivity contribution in [3.63, 3.8) is 0 Å². The fourth-order valence-corrected chi connectivity index (χ4v) is 0. The second-order valence-corrected chi connectivity index (χ2v) is 1.78. The van der Waals surface area contributed by atoms with Crippen molar-refractivity contribution in [3.05, 3.63) is 10.1 Å². The van der Waals surface area contributed by atoms with Crippen LogP contribution < -0.4 is 57.5 Å². The van der Waals surface area contributed by atoms with Gasteiger partial charge in [-0.25, -0.2) is 4.57 Å². The van der Waals surface area contributed by atoms with E-state index in [1.165, 1.54) is 0 Å². The molecule has 0 unspecified atom stereocenters. The largest absolute Gasteiger partial charge is 1.00 e. The smallest absolute Gasteiger partial charge is 1.00 e. The van der Waals surface area contributed by atoms with E-state index in [0.717, 1.165) is 0 Å². The minimum Gasteiger partial charge on any atom is -1.00 e. The molecule has 0 aliphatic rings. The number of hydrogen-bond acceptors (Lipinski definition) is 4. The van der Waals surface area contributed by atoms with Crippen LogP contribution in [0.5, 0.6) is 0 Å². The SMILES string of the molecule is N.O=P(O)(O)O.O=[N+]([O-])O.[H-].[K+]. The third-order valence-corrected chi connectivity index (χ3v) is 0. The molecule has 0 aliphatic heterocycles. The summed E-state index contributed by atoms with van der Waals surface area (Å²) in [6.07, 6.45) is 0. The van der Waals surface area contributed by atoms with Gasteiger partial charge in [-0.3, -0.25) is 0 Å². The zero-order chi connectivity index (χ0) is 8.08. The molecular formula is H8KN2O7P. The molecule has 0 aliphatic carbocycles. The monoisotopic (exact) mass is 218 g/mol. The van der Waals surface area contributed by atoms with Gasteiger partial charge in [0.05, 0.1) is 0 Å². The van der Waals surface area contributed by atoms with Gasteiger partial charge in [-0.05, 0) is 0 Å². The van der Waals surface area contributed by atoms with Crippen molar-refractivity contribution in [2.45, 2.75) is 0 Å². The molecular weight excluding hydrogens is 210 g/mol. The predicted molar refractivity (Wildman–Crippen MR) is 29.2 cm³/mol. The Labute approximate surface area is 105 Å². The van der Waals surface area contributed by atoms with Crippen LogP contribution in [0.3, 0.4) is 0 Å². The van der Waals surface area contributed by atoms with Gasteiger partial charge in [0.25, 0.3) is 5.09 Å². The normalized spacial score (nSPS) is 7.55. The summed E-state index contributed by atoms with van der Waals surface area (Å²) in [5.74, 6) is 0. The van der Waals surface area contributed by atoms with E-state index < -0.39 is 12.9 Å². The average Bonchev–Trinajstić information content (AvgIpc) is 1.19. The second-order valence-electron chi connectivity index (χ2n) is 0.751. The van der Waals surface area contributed by atoms with Gasteiger partial charge in [0.1, 0.15) is 0 Å². The summed E-state index contributed by atoms with van der Waals surface area (Å²) < 4.78 is 8.88. The first-order chi connectivity index (χ1) is 3.73. The Morgan fingerprint density at radius 1 is 1.36 bits per heavy atom. The minimum atomic E-state index is -4.64. The maximum Gasteiger partial charge on any atom is 1.00 e. The van der Waals surface area contributed by atoms with Crippen molar-refractivity contribution in [2.75, 3.05) is 0 Å². The number of hydrogen-bond donors (Lipinski definition) is 5. The molecule has 0 radical (unpaired) electrons. The molecule has 11 heteroatoms. The fourth-order valence-electron chi connectivity index (χ4n) is 0. The average molecular weight is 218 g/mol. The molecule has 0 aromatic rings. The summed E-state index contributed by atoms with van der Waals surface area (Å²) in [4.78, 5) is 29.9. The second kappa shape index (κ2) is 10.9. The van der Waals surface area contributed by atoms with Crippen LogP contribution in [0.25, 0.3) is 0 Å². The van der Waals surface area contributed by atoms with Crippen LogP contribution in [-0.4, -0.2) is 25.0 Å². The van der Waals surface area contributed by atoms with Gasteiger partial charge in [0.2, 0.25) is 0 Å². The van der Waals surface area contributed by atoms with E-state index >= 15 is 0 Å². The first-order valence-electron chi connectivity index (χ1n) is 1.35. The number of rotatable bonds is 0. The van der Waals surface area contributed by atoms with Crippen molar-refractivity contribution < 1.29 is 82.4 Å². The van der Waals surface area contributed by atoms with E-state index in [2.05, 4.69) is 0 Å². The molecule has 0 aromatic carbocycles. The van der Waals surface area contributed by atoms with E-state index in [1.807, 2.05) is 0 Å². The van der Waals surface area contributed by atoms with E-state index in [4.69, 9.17) is 34.6 Å². The summed E-state index contributed by atoms with van der Waals surface area (Å²) in [5, 5.41) is 13.6. The molecule has 0 saturated heterocycles. The fraction of sp³-hybridized carbons (Fsp3) is 0. The van der Waals surface area contributed by atoms with Crippen LogP contribution in [0.1, 0.15) is 1.43 Å². The molecule has 0 heterocycles. The summed E-state index contributed by atoms with van der Waals surface area (Å²) in [5.41, 5.74) is 0. The predicted octanol–water partition coefficient (Wildman–Crippen LogP) is -4.00. The summed E-state index contributed by atoms with van der Waals surface area (Å²) in [6.45, 7) is 0. The van der Waals surface area contributed by atoms with Gasteiger partial charge in [-0.15, -0.1) is 10.1 Å². The van der Waals surface area contributed by atoms with Crippen molar-refractivity contribution in [1.82, 2.24) is 6.15 Å². The first-order valence-corrected chi connectivity index (χ1v) is 2.91. The molecule has 11 heavy (non-hydrogen) atoms. The van der Waals surface area contributed by atoms with Crippen LogP contribution in [0.15, 0.2) is 0 Å². The first kappa shape index (κ1) is 22.7. The Morgan fingerprint density at radius 2 is 1.36 bits per heavy atom. The number of nitrogens with zero attached hydrogens (tertiary/aromatic N) is 1. The van der Waals surface area contributed by atoms with E-state index in [-0.39, 0.29) is 59.0 Å². The molecule has 0 fully saturated rings. The molecule has 0 bridgehead atoms. The van der Waals surface area contributed by atoms with Gasteiger partial charge in [-0.1, -0.05) is 0 Å². The van der Waals surface area contributed by atoms with Crippen LogP contribution in [0.2, 0.25) is 0 Å². The Morgan fingerprint density at radius 3 is 1.36 bits per heavy atom. The molecule has 0 spiro atoms. The van der Waals surface area contributed by atoms with Gasteiger partial charge in [0, 0.05) is 0 Å². The van der Waals surface area contributed by atoms with Crippen molar-refractivity contribution in [1.29, 1.82) is 0 Å². The third kappa shape index (κ3) is 1050. The zero-order valence-corrected chi connectivity index (χ0v) is 9.63. The quantitative estimate of drug-likeness (QED) is 0.118. The van der Waals surface area contributed by atoms with Crippen LogP contribution in [0.4, 0.5) is 0 Å². The maximum atomic E-state index is 8.88. The van der Waals surface area contributed by atoms with E-state index in [1.54, 1.807) is 0 Å². The van der Waals surface area contributed by atoms with E-state index in [9.17, 15) is 0 Å². The zero-order valence-electron chi connectivity index (χ0n) is 6.62. The van der Waals surface area contributed by atoms with E-state index in [0.29, 0.717) is 0 Å². The third-order valence-electron chi connectivity index (χ3n) is 0. The molecule has 0 rings (SSSR count). The molecule has 0 amide bonds. The number of phosphoric acid groups is 1. The van der Waals surface area contributed by atoms with Gasteiger partial charge in [-0.2, -0.15) is 0 Å². The maximum absolute atomic E-state index is 8.88. The Kier molecular flexibility index (Phi) is 22.5. The standard InChI is InChI=1S/K.HNO3.H3N.H3O4P.H/c;2-1(3)4;;1-5(2,3)4;/h;(H,2,3,4);1H3;(H3,1,2,3,4);/q+1;;;;-1. The van der Waals surface area contributed by atoms with Crippen LogP contribution in [0, 0.1) is 10.1 Å². The van der Waals surface area contributed by atoms with Gasteiger partial charge in [0.15, 0.2) is 0 Å². The summed E-state index contributed by atoms with van der Waals surface area (Å²) >= 11 is 0. The van der Waals surface area contributed by atoms with Gasteiger partial charge >= 0.3 is 59.2 Å². The van der Waals surface area contributed by atoms with Crippen LogP contribution in [-0.2, 0) is 4.57 Å². The van der Waals surface area contributed by atoms with Crippen molar-refractivity contribution in [3.8, 4) is 0 Å². The van der Waals surface area contributed by atoms with Crippen molar-refractivity contribution >= 4 is 7.82 Å². The molecule has 0 aromatic heterocycles. The Bertz CT molecular complexity index is 121. The summed E-state index contributed by atoms with van der Waals surface area (Å²) in [6, 6.07) is 0. The molecule has 7 N–H and O–H groups in total. The van der Waals surface area contributed by atoms with Crippen LogP contribution >= 0.6 is 7.82 Å². The molecule has 0 atom stereocenters. The van der Waals surface area contributed by atoms with Gasteiger partial charge < -0.3 is 27.5 Å².